The summed E-state index contributed by atoms with van der Waals surface area (Å²) in [5, 5.41) is 7.21. The van der Waals surface area contributed by atoms with Crippen LogP contribution in [0.15, 0.2) is 39.7 Å². The molecule has 0 fully saturated rings. The molecule has 6 heteroatoms. The number of anilines is 1. The van der Waals surface area contributed by atoms with Crippen LogP contribution < -0.4 is 10.9 Å². The van der Waals surface area contributed by atoms with Crippen molar-refractivity contribution in [2.45, 2.75) is 26.4 Å². The van der Waals surface area contributed by atoms with E-state index in [-0.39, 0.29) is 24.0 Å². The summed E-state index contributed by atoms with van der Waals surface area (Å²) in [6.45, 7) is 4.18. The lowest BCUT2D eigenvalue weighted by molar-refractivity contribution is 0.609. The van der Waals surface area contributed by atoms with Crippen molar-refractivity contribution in [2.24, 2.45) is 0 Å². The van der Waals surface area contributed by atoms with E-state index in [1.807, 2.05) is 13.8 Å². The number of hydrogen-bond acceptors (Lipinski definition) is 3. The van der Waals surface area contributed by atoms with Gasteiger partial charge in [0.2, 0.25) is 0 Å². The monoisotopic (exact) mass is 339 g/mol. The molecule has 1 aromatic carbocycles. The van der Waals surface area contributed by atoms with Gasteiger partial charge in [-0.3, -0.25) is 4.79 Å². The molecule has 0 saturated carbocycles. The highest BCUT2D eigenvalue weighted by Gasteiger charge is 2.06. The summed E-state index contributed by atoms with van der Waals surface area (Å²) in [6, 6.07) is 6.08. The van der Waals surface area contributed by atoms with Gasteiger partial charge in [0.05, 0.1) is 18.4 Å². The second kappa shape index (κ2) is 6.17. The van der Waals surface area contributed by atoms with Crippen LogP contribution in [0.4, 0.5) is 10.1 Å². The van der Waals surface area contributed by atoms with Gasteiger partial charge in [-0.15, -0.1) is 0 Å². The van der Waals surface area contributed by atoms with E-state index in [0.29, 0.717) is 11.3 Å². The van der Waals surface area contributed by atoms with E-state index in [1.54, 1.807) is 12.3 Å². The Morgan fingerprint density at radius 3 is 2.80 bits per heavy atom. The maximum absolute atomic E-state index is 13.2. The summed E-state index contributed by atoms with van der Waals surface area (Å²) in [7, 11) is 0. The molecule has 4 nitrogen and oxygen atoms in total. The lowest BCUT2D eigenvalue weighted by atomic mass is 10.2. The second-order valence-electron chi connectivity index (χ2n) is 4.77. The predicted octanol–water partition coefficient (Wildman–Crippen LogP) is 3.01. The van der Waals surface area contributed by atoms with Crippen LogP contribution in [-0.4, -0.2) is 15.8 Å². The highest BCUT2D eigenvalue weighted by Crippen LogP contribution is 2.18. The van der Waals surface area contributed by atoms with Crippen molar-refractivity contribution in [1.29, 1.82) is 0 Å². The molecule has 1 aromatic heterocycles. The quantitative estimate of drug-likeness (QED) is 0.931. The van der Waals surface area contributed by atoms with Crippen LogP contribution in [0.1, 0.15) is 19.4 Å². The number of benzene rings is 1. The Balaban J connectivity index is 2.26. The molecular weight excluding hydrogens is 325 g/mol. The number of rotatable bonds is 4. The number of nitrogens with zero attached hydrogens (tertiary/aromatic N) is 2. The molecule has 0 spiro atoms. The maximum Gasteiger partial charge on any atom is 0.269 e. The third-order valence-corrected chi connectivity index (χ3v) is 3.43. The SMILES string of the molecule is CC(C)Nc1cnn(Cc2cc(F)ccc2Br)c(=O)c1. The molecule has 1 heterocycles. The number of hydrogen-bond donors (Lipinski definition) is 1. The van der Waals surface area contributed by atoms with Crippen molar-refractivity contribution in [2.75, 3.05) is 5.32 Å². The highest BCUT2D eigenvalue weighted by atomic mass is 79.9. The summed E-state index contributed by atoms with van der Waals surface area (Å²) >= 11 is 3.34. The van der Waals surface area contributed by atoms with Crippen molar-refractivity contribution < 1.29 is 4.39 Å². The average Bonchev–Trinajstić information content (AvgIpc) is 2.36. The fourth-order valence-electron chi connectivity index (χ4n) is 1.79. The van der Waals surface area contributed by atoms with Gasteiger partial charge in [-0.2, -0.15) is 5.10 Å². The van der Waals surface area contributed by atoms with Crippen molar-refractivity contribution in [3.8, 4) is 0 Å². The predicted molar refractivity (Wildman–Crippen MR) is 80.5 cm³/mol. The van der Waals surface area contributed by atoms with Crippen LogP contribution in [0.5, 0.6) is 0 Å². The van der Waals surface area contributed by atoms with Gasteiger partial charge in [0, 0.05) is 16.6 Å². The molecule has 0 saturated heterocycles. The van der Waals surface area contributed by atoms with Crippen LogP contribution in [-0.2, 0) is 6.54 Å². The van der Waals surface area contributed by atoms with E-state index in [4.69, 9.17) is 0 Å². The fraction of sp³-hybridized carbons (Fsp3) is 0.286. The Morgan fingerprint density at radius 1 is 1.40 bits per heavy atom. The summed E-state index contributed by atoms with van der Waals surface area (Å²) in [6.07, 6.45) is 1.59. The van der Waals surface area contributed by atoms with Gasteiger partial charge in [0.25, 0.3) is 5.56 Å². The first-order valence-electron chi connectivity index (χ1n) is 6.23. The summed E-state index contributed by atoms with van der Waals surface area (Å²) in [5.41, 5.74) is 1.12. The molecule has 0 unspecified atom stereocenters. The molecule has 106 valence electrons. The van der Waals surface area contributed by atoms with Gasteiger partial charge >= 0.3 is 0 Å². The van der Waals surface area contributed by atoms with Crippen LogP contribution >= 0.6 is 15.9 Å². The van der Waals surface area contributed by atoms with E-state index in [0.717, 1.165) is 4.47 Å². The first-order valence-corrected chi connectivity index (χ1v) is 7.02. The van der Waals surface area contributed by atoms with E-state index >= 15 is 0 Å². The largest absolute Gasteiger partial charge is 0.381 e. The minimum absolute atomic E-state index is 0.221. The number of aromatic nitrogens is 2. The zero-order valence-corrected chi connectivity index (χ0v) is 12.8. The molecule has 0 radical (unpaired) electrons. The molecule has 0 aliphatic carbocycles. The van der Waals surface area contributed by atoms with Gasteiger partial charge in [-0.05, 0) is 37.6 Å². The third-order valence-electron chi connectivity index (χ3n) is 2.65. The minimum Gasteiger partial charge on any atom is -0.381 e. The molecule has 2 rings (SSSR count). The standard InChI is InChI=1S/C14H15BrFN3O/c1-9(2)18-12-6-14(20)19(17-7-12)8-10-5-11(16)3-4-13(10)15/h3-7,9,18H,8H2,1-2H3. The molecular formula is C14H15BrFN3O. The molecule has 1 N–H and O–H groups in total. The zero-order valence-electron chi connectivity index (χ0n) is 11.2. The van der Waals surface area contributed by atoms with Gasteiger partial charge < -0.3 is 5.32 Å². The van der Waals surface area contributed by atoms with Gasteiger partial charge in [0.1, 0.15) is 5.82 Å². The minimum atomic E-state index is -0.339. The summed E-state index contributed by atoms with van der Waals surface area (Å²) in [4.78, 5) is 12.0. The van der Waals surface area contributed by atoms with E-state index < -0.39 is 0 Å². The highest BCUT2D eigenvalue weighted by molar-refractivity contribution is 9.10. The molecule has 0 aliphatic heterocycles. The van der Waals surface area contributed by atoms with E-state index in [2.05, 4.69) is 26.3 Å². The lowest BCUT2D eigenvalue weighted by Gasteiger charge is -2.11. The maximum atomic E-state index is 13.2. The number of halogens is 2. The fourth-order valence-corrected chi connectivity index (χ4v) is 2.16. The van der Waals surface area contributed by atoms with Crippen molar-refractivity contribution in [3.05, 3.63) is 56.7 Å². The second-order valence-corrected chi connectivity index (χ2v) is 5.63. The third kappa shape index (κ3) is 3.66. The number of nitrogens with one attached hydrogen (secondary N) is 1. The Labute approximate surface area is 124 Å². The van der Waals surface area contributed by atoms with E-state index in [1.165, 1.54) is 22.9 Å². The Kier molecular flexibility index (Phi) is 4.54. The summed E-state index contributed by atoms with van der Waals surface area (Å²) < 4.78 is 15.3. The first-order chi connectivity index (χ1) is 9.45. The normalized spacial score (nSPS) is 10.8. The Morgan fingerprint density at radius 2 is 2.15 bits per heavy atom. The topological polar surface area (TPSA) is 46.9 Å². The molecule has 0 amide bonds. The van der Waals surface area contributed by atoms with Crippen LogP contribution in [0.3, 0.4) is 0 Å². The molecule has 0 bridgehead atoms. The molecule has 20 heavy (non-hydrogen) atoms. The molecule has 0 aliphatic rings. The Bertz CT molecular complexity index is 670. The molecule has 2 aromatic rings. The smallest absolute Gasteiger partial charge is 0.269 e. The van der Waals surface area contributed by atoms with Gasteiger partial charge in [0.15, 0.2) is 0 Å². The van der Waals surface area contributed by atoms with E-state index in [9.17, 15) is 9.18 Å². The summed E-state index contributed by atoms with van der Waals surface area (Å²) in [5.74, 6) is -0.339. The van der Waals surface area contributed by atoms with Crippen LogP contribution in [0, 0.1) is 5.82 Å². The average molecular weight is 340 g/mol. The van der Waals surface area contributed by atoms with Crippen LogP contribution in [0.25, 0.3) is 0 Å². The van der Waals surface area contributed by atoms with Crippen LogP contribution in [0.2, 0.25) is 0 Å². The Hall–Kier alpha value is -1.69. The van der Waals surface area contributed by atoms with Crippen molar-refractivity contribution >= 4 is 21.6 Å². The van der Waals surface area contributed by atoms with Gasteiger partial charge in [-0.25, -0.2) is 9.07 Å². The van der Waals surface area contributed by atoms with Crippen molar-refractivity contribution in [3.63, 3.8) is 0 Å². The molecule has 0 atom stereocenters. The zero-order chi connectivity index (χ0) is 14.7. The lowest BCUT2D eigenvalue weighted by Crippen LogP contribution is -2.24. The van der Waals surface area contributed by atoms with Crippen molar-refractivity contribution in [1.82, 2.24) is 9.78 Å². The van der Waals surface area contributed by atoms with Gasteiger partial charge in [-0.1, -0.05) is 15.9 Å². The first kappa shape index (κ1) is 14.7.